The Kier molecular flexibility index (Phi) is 8.65. The third-order valence-electron chi connectivity index (χ3n) is 8.97. The zero-order valence-corrected chi connectivity index (χ0v) is 26.4. The number of imidazole rings is 1. The molecule has 3 atom stereocenters. The fraction of sp³-hybridized carbons (Fsp3) is 0.179. The van der Waals surface area contributed by atoms with Crippen LogP contribution in [0.2, 0.25) is 0 Å². The Morgan fingerprint density at radius 2 is 1.42 bits per heavy atom. The lowest BCUT2D eigenvalue weighted by molar-refractivity contribution is -0.0588. The van der Waals surface area contributed by atoms with Gasteiger partial charge in [-0.3, -0.25) is 4.79 Å². The van der Waals surface area contributed by atoms with Crippen molar-refractivity contribution in [2.75, 3.05) is 19.0 Å². The van der Waals surface area contributed by atoms with E-state index in [0.717, 1.165) is 16.7 Å². The molecule has 0 spiro atoms. The van der Waals surface area contributed by atoms with Gasteiger partial charge in [-0.15, -0.1) is 0 Å². The minimum atomic E-state index is -1.01. The summed E-state index contributed by atoms with van der Waals surface area (Å²) in [6.07, 6.45) is 5.84. The number of rotatable bonds is 10. The van der Waals surface area contributed by atoms with Crippen LogP contribution >= 0.6 is 0 Å². The number of aliphatic hydroxyl groups excluding tert-OH is 1. The molecule has 0 unspecified atom stereocenters. The van der Waals surface area contributed by atoms with E-state index in [1.165, 1.54) is 6.33 Å². The van der Waals surface area contributed by atoms with Gasteiger partial charge in [0.25, 0.3) is 5.91 Å². The number of nitrogens with zero attached hydrogens (tertiary/aromatic N) is 4. The van der Waals surface area contributed by atoms with E-state index in [1.807, 2.05) is 77.4 Å². The first kappa shape index (κ1) is 31.1. The van der Waals surface area contributed by atoms with Crippen molar-refractivity contribution in [1.82, 2.24) is 19.5 Å². The minimum absolute atomic E-state index is 0.122. The fourth-order valence-electron chi connectivity index (χ4n) is 6.56. The molecule has 0 fully saturated rings. The molecule has 9 heteroatoms. The van der Waals surface area contributed by atoms with Crippen LogP contribution in [0.25, 0.3) is 11.2 Å². The highest BCUT2D eigenvalue weighted by Crippen LogP contribution is 2.43. The molecule has 1 aliphatic carbocycles. The van der Waals surface area contributed by atoms with Gasteiger partial charge < -0.3 is 24.5 Å². The van der Waals surface area contributed by atoms with Crippen LogP contribution in [0, 0.1) is 0 Å². The van der Waals surface area contributed by atoms with Gasteiger partial charge in [-0.05, 0) is 28.8 Å². The Morgan fingerprint density at radius 3 is 1.96 bits per heavy atom. The molecule has 7 rings (SSSR count). The summed E-state index contributed by atoms with van der Waals surface area (Å²) < 4.78 is 14.8. The number of amides is 1. The topological polar surface area (TPSA) is 111 Å². The summed E-state index contributed by atoms with van der Waals surface area (Å²) in [5, 5.41) is 14.3. The molecule has 9 nitrogen and oxygen atoms in total. The van der Waals surface area contributed by atoms with E-state index in [0.29, 0.717) is 16.7 Å². The summed E-state index contributed by atoms with van der Waals surface area (Å²) in [6, 6.07) is 39.4. The molecule has 4 aromatic carbocycles. The van der Waals surface area contributed by atoms with Gasteiger partial charge in [0.05, 0.1) is 24.6 Å². The van der Waals surface area contributed by atoms with Crippen molar-refractivity contribution in [2.24, 2.45) is 0 Å². The first-order valence-electron chi connectivity index (χ1n) is 15.8. The summed E-state index contributed by atoms with van der Waals surface area (Å²) >= 11 is 0. The molecule has 2 N–H and O–H groups in total. The molecule has 6 aromatic rings. The van der Waals surface area contributed by atoms with Gasteiger partial charge >= 0.3 is 0 Å². The smallest absolute Gasteiger partial charge is 0.256 e. The Morgan fingerprint density at radius 1 is 0.854 bits per heavy atom. The van der Waals surface area contributed by atoms with Crippen LogP contribution in [0.4, 0.5) is 5.82 Å². The van der Waals surface area contributed by atoms with Crippen molar-refractivity contribution in [3.8, 4) is 0 Å². The normalized spacial score (nSPS) is 19.3. The second-order valence-electron chi connectivity index (χ2n) is 11.8. The average Bonchev–Trinajstić information content (AvgIpc) is 3.60. The maximum atomic E-state index is 13.1. The molecule has 240 valence electrons. The number of carbonyl (C=O) groups excluding carboxylic acids is 1. The van der Waals surface area contributed by atoms with Crippen molar-refractivity contribution in [3.63, 3.8) is 0 Å². The van der Waals surface area contributed by atoms with Crippen LogP contribution in [-0.4, -0.2) is 56.5 Å². The second kappa shape index (κ2) is 13.3. The van der Waals surface area contributed by atoms with E-state index in [2.05, 4.69) is 56.7 Å². The molecule has 0 saturated carbocycles. The predicted octanol–water partition coefficient (Wildman–Crippen LogP) is 6.12. The van der Waals surface area contributed by atoms with Crippen molar-refractivity contribution in [1.29, 1.82) is 0 Å². The summed E-state index contributed by atoms with van der Waals surface area (Å²) in [5.41, 5.74) is 2.30. The highest BCUT2D eigenvalue weighted by atomic mass is 16.5. The number of benzene rings is 4. The van der Waals surface area contributed by atoms with Gasteiger partial charge in [-0.2, -0.15) is 0 Å². The predicted molar refractivity (Wildman–Crippen MR) is 183 cm³/mol. The SMILES string of the molecule is CO[C@@H]1C=C[C@@](COC(c2ccccc2)(c2ccccc2)c2ccccc2)(n2cnc3c(NC(=O)c4ccccc4)ncnc32)C[C@@H]1O. The third kappa shape index (κ3) is 5.68. The van der Waals surface area contributed by atoms with Gasteiger partial charge in [0.2, 0.25) is 0 Å². The Hall–Kier alpha value is -5.48. The number of hydrogen-bond acceptors (Lipinski definition) is 7. The zero-order chi connectivity index (χ0) is 33.0. The van der Waals surface area contributed by atoms with E-state index in [9.17, 15) is 9.90 Å². The van der Waals surface area contributed by atoms with E-state index < -0.39 is 23.3 Å². The Bertz CT molecular complexity index is 1920. The van der Waals surface area contributed by atoms with Crippen molar-refractivity contribution in [2.45, 2.75) is 29.8 Å². The number of nitrogens with one attached hydrogen (secondary N) is 1. The summed E-state index contributed by atoms with van der Waals surface area (Å²) in [4.78, 5) is 26.7. The molecular weight excluding hydrogens is 602 g/mol. The minimum Gasteiger partial charge on any atom is -0.390 e. The Balaban J connectivity index is 1.35. The van der Waals surface area contributed by atoms with Gasteiger partial charge in [0.1, 0.15) is 18.0 Å². The van der Waals surface area contributed by atoms with Gasteiger partial charge in [0, 0.05) is 19.1 Å². The molecule has 2 heterocycles. The summed E-state index contributed by atoms with van der Waals surface area (Å²) in [6.45, 7) is 0.122. The summed E-state index contributed by atoms with van der Waals surface area (Å²) in [7, 11) is 1.58. The first-order valence-corrected chi connectivity index (χ1v) is 15.8. The average molecular weight is 638 g/mol. The van der Waals surface area contributed by atoms with E-state index in [-0.39, 0.29) is 24.8 Å². The molecule has 2 aromatic heterocycles. The lowest BCUT2D eigenvalue weighted by Crippen LogP contribution is -2.48. The van der Waals surface area contributed by atoms with Crippen molar-refractivity contribution >= 4 is 22.9 Å². The molecule has 0 bridgehead atoms. The van der Waals surface area contributed by atoms with Gasteiger partial charge in [-0.1, -0.05) is 121 Å². The molecule has 0 saturated heterocycles. The van der Waals surface area contributed by atoms with Gasteiger partial charge in [-0.25, -0.2) is 15.0 Å². The maximum Gasteiger partial charge on any atom is 0.256 e. The van der Waals surface area contributed by atoms with Crippen LogP contribution in [0.1, 0.15) is 33.5 Å². The van der Waals surface area contributed by atoms with Crippen LogP contribution in [-0.2, 0) is 20.6 Å². The largest absolute Gasteiger partial charge is 0.390 e. The molecular formula is C39H35N5O4. The number of ether oxygens (including phenoxy) is 2. The Labute approximate surface area is 278 Å². The highest BCUT2D eigenvalue weighted by molar-refractivity contribution is 6.06. The standard InChI is InChI=1S/C39H35N5O4/c1-47-33-22-23-38(24-32(33)45,44-27-42-34-35(40-26-41-36(34)44)43-37(46)28-14-6-2-7-15-28)25-48-39(29-16-8-3-9-17-29,30-18-10-4-11-19-30)31-20-12-5-13-21-31/h2-23,26-27,32-33,45H,24-25H2,1H3,(H,40,41,43,46)/t32-,33+,38+/m0/s1. The van der Waals surface area contributed by atoms with Crippen molar-refractivity contribution < 1.29 is 19.4 Å². The zero-order valence-electron chi connectivity index (χ0n) is 26.4. The van der Waals surface area contributed by atoms with Gasteiger partial charge in [0.15, 0.2) is 17.0 Å². The molecule has 48 heavy (non-hydrogen) atoms. The highest BCUT2D eigenvalue weighted by Gasteiger charge is 2.45. The van der Waals surface area contributed by atoms with E-state index >= 15 is 0 Å². The second-order valence-corrected chi connectivity index (χ2v) is 11.8. The number of anilines is 1. The lowest BCUT2D eigenvalue weighted by Gasteiger charge is -2.43. The molecule has 0 radical (unpaired) electrons. The number of aromatic nitrogens is 4. The van der Waals surface area contributed by atoms with E-state index in [4.69, 9.17) is 9.47 Å². The molecule has 1 amide bonds. The number of methoxy groups -OCH3 is 1. The van der Waals surface area contributed by atoms with Crippen LogP contribution in [0.5, 0.6) is 0 Å². The number of fused-ring (bicyclic) bond motifs is 1. The first-order chi connectivity index (χ1) is 23.5. The number of carbonyl (C=O) groups is 1. The monoisotopic (exact) mass is 637 g/mol. The van der Waals surface area contributed by atoms with Crippen LogP contribution in [0.15, 0.2) is 146 Å². The molecule has 0 aliphatic heterocycles. The third-order valence-corrected chi connectivity index (χ3v) is 8.97. The fourth-order valence-corrected chi connectivity index (χ4v) is 6.56. The van der Waals surface area contributed by atoms with Crippen LogP contribution in [0.3, 0.4) is 0 Å². The maximum absolute atomic E-state index is 13.1. The van der Waals surface area contributed by atoms with Crippen molar-refractivity contribution in [3.05, 3.63) is 168 Å². The lowest BCUT2D eigenvalue weighted by atomic mass is 9.79. The quantitative estimate of drug-likeness (QED) is 0.138. The van der Waals surface area contributed by atoms with E-state index in [1.54, 1.807) is 37.7 Å². The van der Waals surface area contributed by atoms with Crippen LogP contribution < -0.4 is 5.32 Å². The number of aliphatic hydroxyl groups is 1. The number of hydrogen-bond donors (Lipinski definition) is 2. The molecule has 1 aliphatic rings. The summed E-state index contributed by atoms with van der Waals surface area (Å²) in [5.74, 6) is -0.0246.